The van der Waals surface area contributed by atoms with Crippen LogP contribution in [0, 0.1) is 0 Å². The Morgan fingerprint density at radius 3 is 2.85 bits per heavy atom. The molecule has 0 spiro atoms. The number of carbonyl (C=O) groups is 1. The average Bonchev–Trinajstić information content (AvgIpc) is 3.15. The zero-order chi connectivity index (χ0) is 17.8. The van der Waals surface area contributed by atoms with Crippen LogP contribution in [0.25, 0.3) is 10.9 Å². The minimum absolute atomic E-state index is 0.0610. The van der Waals surface area contributed by atoms with Crippen LogP contribution in [0.4, 0.5) is 10.5 Å². The largest absolute Gasteiger partial charge is 0.329 e. The van der Waals surface area contributed by atoms with Crippen molar-refractivity contribution in [2.24, 2.45) is 0 Å². The van der Waals surface area contributed by atoms with Crippen LogP contribution in [-0.4, -0.2) is 28.8 Å². The van der Waals surface area contributed by atoms with E-state index in [2.05, 4.69) is 38.3 Å². The van der Waals surface area contributed by atoms with Gasteiger partial charge in [-0.15, -0.1) is 0 Å². The van der Waals surface area contributed by atoms with Crippen LogP contribution in [0.1, 0.15) is 30.9 Å². The Balaban J connectivity index is 1.49. The van der Waals surface area contributed by atoms with Gasteiger partial charge in [0.25, 0.3) is 0 Å². The van der Waals surface area contributed by atoms with Crippen molar-refractivity contribution in [2.45, 2.75) is 31.3 Å². The number of aromatic nitrogens is 2. The zero-order valence-corrected chi connectivity index (χ0v) is 14.5. The average molecular weight is 349 g/mol. The van der Waals surface area contributed by atoms with Crippen molar-refractivity contribution < 1.29 is 4.79 Å². The number of piperidine rings is 1. The van der Waals surface area contributed by atoms with E-state index in [4.69, 9.17) is 0 Å². The zero-order valence-electron chi connectivity index (χ0n) is 14.5. The first kappa shape index (κ1) is 16.6. The summed E-state index contributed by atoms with van der Waals surface area (Å²) >= 11 is 0. The summed E-state index contributed by atoms with van der Waals surface area (Å²) < 4.78 is 0. The number of hydrogen-bond acceptors (Lipinski definition) is 3. The van der Waals surface area contributed by atoms with Gasteiger partial charge in [0, 0.05) is 17.1 Å². The normalized spacial score (nSPS) is 18.4. The molecule has 2 heterocycles. The molecule has 4 N–H and O–H groups in total. The molecule has 0 saturated carbocycles. The number of anilines is 1. The Morgan fingerprint density at radius 1 is 1.15 bits per heavy atom. The van der Waals surface area contributed by atoms with Gasteiger partial charge in [-0.25, -0.2) is 4.79 Å². The van der Waals surface area contributed by atoms with Gasteiger partial charge in [0.15, 0.2) is 0 Å². The molecule has 26 heavy (non-hydrogen) atoms. The van der Waals surface area contributed by atoms with E-state index in [1.807, 2.05) is 36.4 Å². The van der Waals surface area contributed by atoms with E-state index in [1.165, 1.54) is 12.8 Å². The second-order valence-corrected chi connectivity index (χ2v) is 6.72. The molecule has 0 radical (unpaired) electrons. The molecule has 0 aliphatic carbocycles. The summed E-state index contributed by atoms with van der Waals surface area (Å²) in [6.45, 7) is 0.995. The van der Waals surface area contributed by atoms with Crippen LogP contribution in [0.2, 0.25) is 0 Å². The molecule has 4 rings (SSSR count). The monoisotopic (exact) mass is 349 g/mol. The number of nitrogens with one attached hydrogen (secondary N) is 4. The molecular weight excluding hydrogens is 326 g/mol. The van der Waals surface area contributed by atoms with E-state index in [1.54, 1.807) is 6.20 Å². The number of benzene rings is 2. The Bertz CT molecular complexity index is 870. The quantitative estimate of drug-likeness (QED) is 0.581. The summed E-state index contributed by atoms with van der Waals surface area (Å²) in [7, 11) is 0. The minimum Gasteiger partial charge on any atom is -0.329 e. The lowest BCUT2D eigenvalue weighted by molar-refractivity contribution is 0.240. The summed E-state index contributed by atoms with van der Waals surface area (Å²) in [5.41, 5.74) is 2.82. The third-order valence-electron chi connectivity index (χ3n) is 4.89. The maximum Gasteiger partial charge on any atom is 0.319 e. The lowest BCUT2D eigenvalue weighted by Crippen LogP contribution is -2.47. The molecule has 2 atom stereocenters. The fourth-order valence-corrected chi connectivity index (χ4v) is 3.57. The molecule has 134 valence electrons. The molecule has 6 nitrogen and oxygen atoms in total. The summed E-state index contributed by atoms with van der Waals surface area (Å²) in [5.74, 6) is 0. The standard InChI is InChI=1S/C20H23N5O/c26-20(23-16-9-10-17-15(12-16)13-22-25-17)24-19(14-6-2-1-3-7-14)18-8-4-5-11-21-18/h1-3,6-7,9-10,12-13,18-19,21H,4-5,8,11H2,(H,22,25)(H2,23,24,26)/t18-,19?/m1/s1. The predicted octanol–water partition coefficient (Wildman–Crippen LogP) is 3.57. The lowest BCUT2D eigenvalue weighted by atomic mass is 9.92. The van der Waals surface area contributed by atoms with Gasteiger partial charge >= 0.3 is 6.03 Å². The van der Waals surface area contributed by atoms with Crippen LogP contribution < -0.4 is 16.0 Å². The summed E-state index contributed by atoms with van der Waals surface area (Å²) in [6.07, 6.45) is 5.17. The maximum absolute atomic E-state index is 12.6. The van der Waals surface area contributed by atoms with E-state index in [9.17, 15) is 4.79 Å². The second kappa shape index (κ2) is 7.58. The molecule has 2 aromatic carbocycles. The highest BCUT2D eigenvalue weighted by Crippen LogP contribution is 2.23. The van der Waals surface area contributed by atoms with Crippen molar-refractivity contribution >= 4 is 22.6 Å². The highest BCUT2D eigenvalue weighted by molar-refractivity contribution is 5.92. The first-order valence-electron chi connectivity index (χ1n) is 9.08. The number of rotatable bonds is 4. The van der Waals surface area contributed by atoms with Crippen molar-refractivity contribution in [3.05, 3.63) is 60.3 Å². The highest BCUT2D eigenvalue weighted by atomic mass is 16.2. The lowest BCUT2D eigenvalue weighted by Gasteiger charge is -2.32. The van der Waals surface area contributed by atoms with Gasteiger partial charge in [0.1, 0.15) is 0 Å². The number of aromatic amines is 1. The Kier molecular flexibility index (Phi) is 4.84. The molecule has 1 aliphatic rings. The van der Waals surface area contributed by atoms with Crippen LogP contribution in [0.15, 0.2) is 54.7 Å². The Labute approximate surface area is 152 Å². The van der Waals surface area contributed by atoms with Crippen molar-refractivity contribution in [1.29, 1.82) is 0 Å². The first-order chi connectivity index (χ1) is 12.8. The molecule has 6 heteroatoms. The van der Waals surface area contributed by atoms with Gasteiger partial charge in [-0.3, -0.25) is 5.10 Å². The third-order valence-corrected chi connectivity index (χ3v) is 4.89. The predicted molar refractivity (Wildman–Crippen MR) is 103 cm³/mol. The van der Waals surface area contributed by atoms with Crippen molar-refractivity contribution in [2.75, 3.05) is 11.9 Å². The summed E-state index contributed by atoms with van der Waals surface area (Å²) in [5, 5.41) is 17.5. The van der Waals surface area contributed by atoms with Crippen LogP contribution >= 0.6 is 0 Å². The number of amides is 2. The van der Waals surface area contributed by atoms with Crippen LogP contribution in [0.3, 0.4) is 0 Å². The summed E-state index contributed by atoms with van der Waals surface area (Å²) in [4.78, 5) is 12.6. The molecule has 3 aromatic rings. The topological polar surface area (TPSA) is 81.8 Å². The SMILES string of the molecule is O=C(Nc1ccc2[nH]ncc2c1)NC(c1ccccc1)[C@H]1CCCCN1. The van der Waals surface area contributed by atoms with Gasteiger partial charge in [0.05, 0.1) is 17.8 Å². The highest BCUT2D eigenvalue weighted by Gasteiger charge is 2.26. The maximum atomic E-state index is 12.6. The number of carbonyl (C=O) groups excluding carboxylic acids is 1. The van der Waals surface area contributed by atoms with Gasteiger partial charge in [-0.1, -0.05) is 36.8 Å². The van der Waals surface area contributed by atoms with Crippen LogP contribution in [0.5, 0.6) is 0 Å². The van der Waals surface area contributed by atoms with E-state index < -0.39 is 0 Å². The van der Waals surface area contributed by atoms with Crippen molar-refractivity contribution in [3.8, 4) is 0 Å². The van der Waals surface area contributed by atoms with Gasteiger partial charge < -0.3 is 16.0 Å². The van der Waals surface area contributed by atoms with E-state index in [-0.39, 0.29) is 18.1 Å². The van der Waals surface area contributed by atoms with Gasteiger partial charge in [0.2, 0.25) is 0 Å². The smallest absolute Gasteiger partial charge is 0.319 e. The van der Waals surface area contributed by atoms with Crippen LogP contribution in [-0.2, 0) is 0 Å². The van der Waals surface area contributed by atoms with Crippen molar-refractivity contribution in [1.82, 2.24) is 20.8 Å². The van der Waals surface area contributed by atoms with Gasteiger partial charge in [-0.2, -0.15) is 5.10 Å². The van der Waals surface area contributed by atoms with Gasteiger partial charge in [-0.05, 0) is 43.1 Å². The molecule has 1 fully saturated rings. The third kappa shape index (κ3) is 3.70. The first-order valence-corrected chi connectivity index (χ1v) is 9.08. The number of nitrogens with zero attached hydrogens (tertiary/aromatic N) is 1. The molecule has 1 saturated heterocycles. The Hall–Kier alpha value is -2.86. The van der Waals surface area contributed by atoms with E-state index in [0.29, 0.717) is 0 Å². The Morgan fingerprint density at radius 2 is 2.04 bits per heavy atom. The fourth-order valence-electron chi connectivity index (χ4n) is 3.57. The fraction of sp³-hybridized carbons (Fsp3) is 0.300. The van der Waals surface area contributed by atoms with E-state index >= 15 is 0 Å². The molecule has 1 aromatic heterocycles. The molecule has 1 aliphatic heterocycles. The number of hydrogen-bond donors (Lipinski definition) is 4. The summed E-state index contributed by atoms with van der Waals surface area (Å²) in [6, 6.07) is 15.8. The number of fused-ring (bicyclic) bond motifs is 1. The molecule has 0 bridgehead atoms. The molecule has 2 amide bonds. The minimum atomic E-state index is -0.200. The second-order valence-electron chi connectivity index (χ2n) is 6.72. The molecular formula is C20H23N5O. The molecule has 1 unspecified atom stereocenters. The number of H-pyrrole nitrogens is 1. The number of urea groups is 1. The van der Waals surface area contributed by atoms with Crippen molar-refractivity contribution in [3.63, 3.8) is 0 Å². The van der Waals surface area contributed by atoms with E-state index in [0.717, 1.165) is 35.1 Å².